The molecule has 0 spiro atoms. The Morgan fingerprint density at radius 1 is 1.26 bits per heavy atom. The van der Waals surface area contributed by atoms with Crippen LogP contribution in [0.25, 0.3) is 0 Å². The molecule has 2 atom stereocenters. The van der Waals surface area contributed by atoms with E-state index in [-0.39, 0.29) is 12.3 Å². The van der Waals surface area contributed by atoms with Gasteiger partial charge in [0, 0.05) is 17.8 Å². The summed E-state index contributed by atoms with van der Waals surface area (Å²) in [4.78, 5) is 12.8. The molecule has 0 amide bonds. The quantitative estimate of drug-likeness (QED) is 0.353. The zero-order chi connectivity index (χ0) is 19.4. The molecule has 8 heteroatoms. The molecule has 7 nitrogen and oxygen atoms in total. The molecule has 0 fully saturated rings. The normalized spacial score (nSPS) is 17.7. The van der Waals surface area contributed by atoms with Gasteiger partial charge in [-0.25, -0.2) is 10.0 Å². The highest BCUT2D eigenvalue weighted by Crippen LogP contribution is 2.28. The molecule has 0 saturated heterocycles. The summed E-state index contributed by atoms with van der Waals surface area (Å²) < 4.78 is 5.47. The van der Waals surface area contributed by atoms with Crippen LogP contribution in [0.1, 0.15) is 24.1 Å². The maximum absolute atomic E-state index is 12.8. The van der Waals surface area contributed by atoms with Gasteiger partial charge < -0.3 is 20.6 Å². The van der Waals surface area contributed by atoms with Crippen LogP contribution in [0, 0.1) is 5.21 Å². The first-order valence-corrected chi connectivity index (χ1v) is 8.69. The van der Waals surface area contributed by atoms with Crippen molar-refractivity contribution >= 4 is 29.0 Å². The molecule has 0 radical (unpaired) electrons. The number of benzene rings is 2. The van der Waals surface area contributed by atoms with Crippen molar-refractivity contribution in [3.05, 3.63) is 82.2 Å². The molecule has 1 heterocycles. The number of esters is 1. The smallest absolute Gasteiger partial charge is 0.338 e. The van der Waals surface area contributed by atoms with E-state index in [1.807, 2.05) is 30.3 Å². The van der Waals surface area contributed by atoms with E-state index < -0.39 is 17.2 Å². The third-order valence-electron chi connectivity index (χ3n) is 4.17. The van der Waals surface area contributed by atoms with E-state index in [1.54, 1.807) is 19.1 Å². The van der Waals surface area contributed by atoms with E-state index in [2.05, 4.69) is 10.6 Å². The fourth-order valence-corrected chi connectivity index (χ4v) is 3.14. The SMILES string of the molecule is CC1=C(C(=O)OCc2ccccc2)[C@H](c2cccc([NH+]([O-])O)c2)NC(=S)N1. The first kappa shape index (κ1) is 19.0. The molecule has 1 unspecified atom stereocenters. The summed E-state index contributed by atoms with van der Waals surface area (Å²) in [5.74, 6) is -0.496. The lowest BCUT2D eigenvalue weighted by molar-refractivity contribution is -0.991. The van der Waals surface area contributed by atoms with Gasteiger partial charge >= 0.3 is 5.97 Å². The molecule has 4 N–H and O–H groups in total. The number of allylic oxidation sites excluding steroid dienone is 1. The van der Waals surface area contributed by atoms with Crippen molar-refractivity contribution in [2.45, 2.75) is 19.6 Å². The molecule has 3 rings (SSSR count). The number of quaternary nitrogens is 1. The summed E-state index contributed by atoms with van der Waals surface area (Å²) in [5.41, 5.74) is 2.56. The number of carbonyl (C=O) groups is 1. The molecular formula is C19H19N3O4S. The Morgan fingerprint density at radius 2 is 2.00 bits per heavy atom. The summed E-state index contributed by atoms with van der Waals surface area (Å²) in [6.45, 7) is 1.88. The van der Waals surface area contributed by atoms with Crippen molar-refractivity contribution in [1.29, 1.82) is 0 Å². The number of nitrogens with one attached hydrogen (secondary N) is 3. The molecule has 1 aliphatic rings. The van der Waals surface area contributed by atoms with Gasteiger partial charge in [-0.1, -0.05) is 42.5 Å². The van der Waals surface area contributed by atoms with Crippen LogP contribution in [-0.2, 0) is 16.1 Å². The Labute approximate surface area is 161 Å². The lowest BCUT2D eigenvalue weighted by Gasteiger charge is -2.30. The number of ether oxygens (including phenoxy) is 1. The van der Waals surface area contributed by atoms with Crippen LogP contribution in [0.15, 0.2) is 65.9 Å². The Bertz CT molecular complexity index is 884. The number of thiocarbonyl (C=S) groups is 1. The van der Waals surface area contributed by atoms with Crippen LogP contribution < -0.4 is 15.9 Å². The minimum atomic E-state index is -1.04. The van der Waals surface area contributed by atoms with Crippen molar-refractivity contribution in [3.8, 4) is 0 Å². The average molecular weight is 385 g/mol. The van der Waals surface area contributed by atoms with Gasteiger partial charge in [0.05, 0.1) is 11.6 Å². The van der Waals surface area contributed by atoms with Crippen LogP contribution in [0.3, 0.4) is 0 Å². The van der Waals surface area contributed by atoms with E-state index in [4.69, 9.17) is 17.0 Å². The van der Waals surface area contributed by atoms with Gasteiger partial charge in [-0.2, -0.15) is 5.23 Å². The fraction of sp³-hybridized carbons (Fsp3) is 0.158. The summed E-state index contributed by atoms with van der Waals surface area (Å²) in [6, 6.07) is 15.2. The lowest BCUT2D eigenvalue weighted by atomic mass is 9.95. The highest BCUT2D eigenvalue weighted by atomic mass is 32.1. The molecule has 140 valence electrons. The summed E-state index contributed by atoms with van der Waals surface area (Å²) >= 11 is 5.20. The van der Waals surface area contributed by atoms with Gasteiger partial charge in [0.2, 0.25) is 0 Å². The second-order valence-corrected chi connectivity index (χ2v) is 6.47. The highest BCUT2D eigenvalue weighted by molar-refractivity contribution is 7.80. The maximum Gasteiger partial charge on any atom is 0.338 e. The second-order valence-electron chi connectivity index (χ2n) is 6.06. The molecule has 27 heavy (non-hydrogen) atoms. The summed E-state index contributed by atoms with van der Waals surface area (Å²) in [5, 5.41) is 25.8. The summed E-state index contributed by atoms with van der Waals surface area (Å²) in [7, 11) is 0. The van der Waals surface area contributed by atoms with Crippen LogP contribution in [-0.4, -0.2) is 16.3 Å². The van der Waals surface area contributed by atoms with Crippen molar-refractivity contribution in [3.63, 3.8) is 0 Å². The number of hydrogen-bond acceptors (Lipinski definition) is 5. The molecule has 2 aromatic rings. The van der Waals surface area contributed by atoms with Crippen molar-refractivity contribution < 1.29 is 20.0 Å². The first-order valence-electron chi connectivity index (χ1n) is 8.28. The predicted molar refractivity (Wildman–Crippen MR) is 103 cm³/mol. The summed E-state index contributed by atoms with van der Waals surface area (Å²) in [6.07, 6.45) is 0. The highest BCUT2D eigenvalue weighted by Gasteiger charge is 2.31. The lowest BCUT2D eigenvalue weighted by Crippen LogP contribution is -2.99. The Hall–Kier alpha value is -2.78. The van der Waals surface area contributed by atoms with Gasteiger partial charge in [-0.15, -0.1) is 0 Å². The van der Waals surface area contributed by atoms with Crippen molar-refractivity contribution in [1.82, 2.24) is 10.6 Å². The largest absolute Gasteiger partial charge is 0.595 e. The minimum absolute atomic E-state index is 0.133. The fourth-order valence-electron chi connectivity index (χ4n) is 2.87. The van der Waals surface area contributed by atoms with Crippen LogP contribution >= 0.6 is 12.2 Å². The van der Waals surface area contributed by atoms with Gasteiger partial charge in [-0.05, 0) is 30.3 Å². The topological polar surface area (TPSA) is 98.1 Å². The zero-order valence-electron chi connectivity index (χ0n) is 14.6. The average Bonchev–Trinajstić information content (AvgIpc) is 2.66. The molecule has 0 saturated carbocycles. The van der Waals surface area contributed by atoms with Crippen LogP contribution in [0.5, 0.6) is 0 Å². The van der Waals surface area contributed by atoms with E-state index in [9.17, 15) is 15.2 Å². The monoisotopic (exact) mass is 385 g/mol. The van der Waals surface area contributed by atoms with Gasteiger partial charge in [0.15, 0.2) is 10.8 Å². The van der Waals surface area contributed by atoms with Gasteiger partial charge in [0.1, 0.15) is 6.61 Å². The number of carbonyl (C=O) groups excluding carboxylic acids is 1. The molecule has 0 aliphatic carbocycles. The van der Waals surface area contributed by atoms with Crippen LogP contribution in [0.4, 0.5) is 5.69 Å². The van der Waals surface area contributed by atoms with Crippen molar-refractivity contribution in [2.75, 3.05) is 0 Å². The molecule has 2 aromatic carbocycles. The van der Waals surface area contributed by atoms with Crippen LogP contribution in [0.2, 0.25) is 0 Å². The van der Waals surface area contributed by atoms with E-state index >= 15 is 0 Å². The number of rotatable bonds is 5. The first-order chi connectivity index (χ1) is 13.0. The minimum Gasteiger partial charge on any atom is -0.595 e. The third-order valence-corrected chi connectivity index (χ3v) is 4.39. The maximum atomic E-state index is 12.8. The molecule has 1 aliphatic heterocycles. The third kappa shape index (κ3) is 4.50. The Morgan fingerprint density at radius 3 is 2.70 bits per heavy atom. The predicted octanol–water partition coefficient (Wildman–Crippen LogP) is 1.63. The van der Waals surface area contributed by atoms with E-state index in [1.165, 1.54) is 12.1 Å². The standard InChI is InChI=1S/C19H19N3O4S/c1-12-16(18(23)26-11-13-6-3-2-4-7-13)17(21-19(27)20-12)14-8-5-9-15(10-14)22(24)25/h2-10,17,22,24H,11H2,1H3,(H2,20,21,27)/t17-/m0/s1. The van der Waals surface area contributed by atoms with Gasteiger partial charge in [-0.3, -0.25) is 0 Å². The zero-order valence-corrected chi connectivity index (χ0v) is 15.4. The van der Waals surface area contributed by atoms with Gasteiger partial charge in [0.25, 0.3) is 0 Å². The second kappa shape index (κ2) is 8.28. The molecule has 0 aromatic heterocycles. The molecule has 0 bridgehead atoms. The molecular weight excluding hydrogens is 366 g/mol. The Balaban J connectivity index is 1.87. The van der Waals surface area contributed by atoms with Crippen molar-refractivity contribution in [2.24, 2.45) is 0 Å². The Kier molecular flexibility index (Phi) is 5.82. The number of hydrogen-bond donors (Lipinski definition) is 4. The van der Waals surface area contributed by atoms with E-state index in [0.717, 1.165) is 5.56 Å². The van der Waals surface area contributed by atoms with E-state index in [0.29, 0.717) is 21.9 Å².